The van der Waals surface area contributed by atoms with E-state index in [1.165, 1.54) is 12.8 Å². The smallest absolute Gasteiger partial charge is 0.148 e. The van der Waals surface area contributed by atoms with Crippen LogP contribution in [0.5, 0.6) is 0 Å². The van der Waals surface area contributed by atoms with Crippen LogP contribution in [0.1, 0.15) is 38.7 Å². The van der Waals surface area contributed by atoms with Gasteiger partial charge in [0.2, 0.25) is 0 Å². The second-order valence-electron chi connectivity index (χ2n) is 4.90. The highest BCUT2D eigenvalue weighted by Gasteiger charge is 2.25. The first-order valence-corrected chi connectivity index (χ1v) is 6.85. The van der Waals surface area contributed by atoms with Crippen LogP contribution in [0.3, 0.4) is 0 Å². The maximum atomic E-state index is 5.55. The first kappa shape index (κ1) is 13.1. The van der Waals surface area contributed by atoms with Gasteiger partial charge in [-0.15, -0.1) is 0 Å². The van der Waals surface area contributed by atoms with E-state index < -0.39 is 0 Å². The van der Waals surface area contributed by atoms with E-state index in [1.54, 1.807) is 6.33 Å². The van der Waals surface area contributed by atoms with Crippen LogP contribution in [0.2, 0.25) is 0 Å². The molecule has 0 aromatic carbocycles. The highest BCUT2D eigenvalue weighted by Crippen LogP contribution is 2.32. The van der Waals surface area contributed by atoms with Crippen molar-refractivity contribution in [2.24, 2.45) is 11.8 Å². The van der Waals surface area contributed by atoms with Crippen LogP contribution in [0.25, 0.3) is 0 Å². The Morgan fingerprint density at radius 3 is 2.72 bits per heavy atom. The van der Waals surface area contributed by atoms with Crippen LogP contribution in [0, 0.1) is 5.92 Å². The van der Waals surface area contributed by atoms with Crippen molar-refractivity contribution >= 4 is 11.6 Å². The molecule has 1 heterocycles. The number of rotatable bonds is 7. The number of nitrogen functional groups attached to an aromatic ring is 1. The minimum atomic E-state index is 0.760. The normalized spacial score (nSPS) is 14.6. The molecule has 1 fully saturated rings. The molecule has 0 saturated heterocycles. The van der Waals surface area contributed by atoms with Crippen molar-refractivity contribution in [3.8, 4) is 0 Å². The van der Waals surface area contributed by atoms with Crippen LogP contribution in [0.4, 0.5) is 11.6 Å². The Morgan fingerprint density at radius 1 is 1.39 bits per heavy atom. The van der Waals surface area contributed by atoms with Gasteiger partial charge in [-0.1, -0.05) is 13.3 Å². The molecule has 0 aliphatic heterocycles. The van der Waals surface area contributed by atoms with Gasteiger partial charge in [-0.05, 0) is 32.1 Å². The zero-order valence-corrected chi connectivity index (χ0v) is 11.3. The molecule has 1 aliphatic carbocycles. The predicted molar refractivity (Wildman–Crippen MR) is 74.4 cm³/mol. The lowest BCUT2D eigenvalue weighted by atomic mass is 10.1. The lowest BCUT2D eigenvalue weighted by Gasteiger charge is -2.25. The van der Waals surface area contributed by atoms with Gasteiger partial charge in [-0.2, -0.15) is 0 Å². The molecule has 5 heteroatoms. The molecule has 1 aliphatic rings. The summed E-state index contributed by atoms with van der Waals surface area (Å²) in [5, 5.41) is 0. The highest BCUT2D eigenvalue weighted by atomic mass is 15.3. The maximum absolute atomic E-state index is 5.55. The van der Waals surface area contributed by atoms with Gasteiger partial charge in [0.15, 0.2) is 0 Å². The van der Waals surface area contributed by atoms with Gasteiger partial charge < -0.3 is 10.3 Å². The second-order valence-corrected chi connectivity index (χ2v) is 4.90. The number of nitrogens with two attached hydrogens (primary N) is 1. The summed E-state index contributed by atoms with van der Waals surface area (Å²) in [5.41, 5.74) is 3.83. The van der Waals surface area contributed by atoms with Gasteiger partial charge >= 0.3 is 0 Å². The second kappa shape index (κ2) is 6.00. The first-order valence-electron chi connectivity index (χ1n) is 6.85. The van der Waals surface area contributed by atoms with Crippen LogP contribution < -0.4 is 16.2 Å². The molecule has 1 saturated carbocycles. The molecule has 5 nitrogen and oxygen atoms in total. The van der Waals surface area contributed by atoms with Gasteiger partial charge in [-0.25, -0.2) is 15.8 Å². The van der Waals surface area contributed by atoms with E-state index in [1.807, 2.05) is 0 Å². The Balaban J connectivity index is 2.27. The van der Waals surface area contributed by atoms with Crippen LogP contribution in [0.15, 0.2) is 6.33 Å². The third kappa shape index (κ3) is 2.90. The largest absolute Gasteiger partial charge is 0.356 e. The minimum Gasteiger partial charge on any atom is -0.356 e. The summed E-state index contributed by atoms with van der Waals surface area (Å²) < 4.78 is 0. The Labute approximate surface area is 109 Å². The molecule has 0 radical (unpaired) electrons. The number of anilines is 2. The quantitative estimate of drug-likeness (QED) is 0.571. The number of hydrogen-bond donors (Lipinski definition) is 2. The van der Waals surface area contributed by atoms with Crippen molar-refractivity contribution in [1.29, 1.82) is 0 Å². The lowest BCUT2D eigenvalue weighted by Crippen LogP contribution is -2.28. The van der Waals surface area contributed by atoms with Crippen LogP contribution >= 0.6 is 0 Å². The average Bonchev–Trinajstić information content (AvgIpc) is 3.21. The van der Waals surface area contributed by atoms with Gasteiger partial charge in [0.05, 0.1) is 0 Å². The molecule has 0 unspecified atom stereocenters. The third-order valence-electron chi connectivity index (χ3n) is 3.42. The fraction of sp³-hybridized carbons (Fsp3) is 0.692. The summed E-state index contributed by atoms with van der Waals surface area (Å²) in [6.07, 6.45) is 6.32. The summed E-state index contributed by atoms with van der Waals surface area (Å²) in [5.74, 6) is 8.21. The Hall–Kier alpha value is -1.36. The van der Waals surface area contributed by atoms with E-state index in [9.17, 15) is 0 Å². The highest BCUT2D eigenvalue weighted by molar-refractivity contribution is 5.58. The molecule has 0 spiro atoms. The zero-order chi connectivity index (χ0) is 13.0. The number of hydrazine groups is 1. The van der Waals surface area contributed by atoms with Crippen molar-refractivity contribution in [2.45, 2.75) is 39.5 Å². The van der Waals surface area contributed by atoms with E-state index in [2.05, 4.69) is 34.1 Å². The van der Waals surface area contributed by atoms with Crippen molar-refractivity contribution in [3.05, 3.63) is 11.9 Å². The minimum absolute atomic E-state index is 0.760. The number of nitrogens with one attached hydrogen (secondary N) is 1. The first-order chi connectivity index (χ1) is 8.80. The average molecular weight is 249 g/mol. The van der Waals surface area contributed by atoms with E-state index in [-0.39, 0.29) is 0 Å². The van der Waals surface area contributed by atoms with Crippen molar-refractivity contribution in [2.75, 3.05) is 23.4 Å². The Morgan fingerprint density at radius 2 is 2.17 bits per heavy atom. The molecule has 0 atom stereocenters. The van der Waals surface area contributed by atoms with Gasteiger partial charge in [0.25, 0.3) is 0 Å². The van der Waals surface area contributed by atoms with Gasteiger partial charge in [0, 0.05) is 18.7 Å². The molecule has 18 heavy (non-hydrogen) atoms. The summed E-state index contributed by atoms with van der Waals surface area (Å²) in [6.45, 7) is 6.42. The molecule has 100 valence electrons. The fourth-order valence-electron chi connectivity index (χ4n) is 2.26. The monoisotopic (exact) mass is 249 g/mol. The summed E-state index contributed by atoms with van der Waals surface area (Å²) >= 11 is 0. The van der Waals surface area contributed by atoms with Gasteiger partial charge in [-0.3, -0.25) is 0 Å². The molecule has 1 aromatic heterocycles. The van der Waals surface area contributed by atoms with Crippen molar-refractivity contribution < 1.29 is 0 Å². The Kier molecular flexibility index (Phi) is 4.36. The number of hydrogen-bond acceptors (Lipinski definition) is 5. The zero-order valence-electron chi connectivity index (χ0n) is 11.3. The van der Waals surface area contributed by atoms with E-state index in [4.69, 9.17) is 5.84 Å². The summed E-state index contributed by atoms with van der Waals surface area (Å²) in [4.78, 5) is 11.0. The summed E-state index contributed by atoms with van der Waals surface area (Å²) in [7, 11) is 0. The lowest BCUT2D eigenvalue weighted by molar-refractivity contribution is 0.722. The Bertz CT molecular complexity index is 389. The molecule has 3 N–H and O–H groups in total. The SMILES string of the molecule is CCCc1c(NN)ncnc1N(CC)CC1CC1. The van der Waals surface area contributed by atoms with E-state index in [0.29, 0.717) is 0 Å². The summed E-state index contributed by atoms with van der Waals surface area (Å²) in [6, 6.07) is 0. The number of aromatic nitrogens is 2. The molecule has 0 bridgehead atoms. The standard InChI is InChI=1S/C13H23N5/c1-3-5-11-12(17-14)15-9-16-13(11)18(4-2)8-10-6-7-10/h9-10H,3-8,14H2,1-2H3,(H,15,16,17). The van der Waals surface area contributed by atoms with Crippen molar-refractivity contribution in [3.63, 3.8) is 0 Å². The number of nitrogens with zero attached hydrogens (tertiary/aromatic N) is 3. The molecule has 1 aromatic rings. The molecular weight excluding hydrogens is 226 g/mol. The van der Waals surface area contributed by atoms with E-state index in [0.717, 1.165) is 49.0 Å². The van der Waals surface area contributed by atoms with Crippen LogP contribution in [-0.2, 0) is 6.42 Å². The molecule has 2 rings (SSSR count). The fourth-order valence-corrected chi connectivity index (χ4v) is 2.26. The third-order valence-corrected chi connectivity index (χ3v) is 3.42. The predicted octanol–water partition coefficient (Wildman–Crippen LogP) is 1.95. The van der Waals surface area contributed by atoms with Gasteiger partial charge in [0.1, 0.15) is 18.0 Å². The molecule has 0 amide bonds. The van der Waals surface area contributed by atoms with Crippen molar-refractivity contribution in [1.82, 2.24) is 9.97 Å². The van der Waals surface area contributed by atoms with Crippen LogP contribution in [-0.4, -0.2) is 23.1 Å². The van der Waals surface area contributed by atoms with E-state index >= 15 is 0 Å². The molecular formula is C13H23N5. The maximum Gasteiger partial charge on any atom is 0.148 e. The topological polar surface area (TPSA) is 67.1 Å².